The maximum atomic E-state index is 5.94. The number of likely N-dealkylation sites (tertiary alicyclic amines) is 1. The topological polar surface area (TPSA) is 28.4 Å². The van der Waals surface area contributed by atoms with Crippen LogP contribution in [-0.2, 0) is 13.1 Å². The highest BCUT2D eigenvalue weighted by molar-refractivity contribution is 5.07. The summed E-state index contributed by atoms with van der Waals surface area (Å²) in [6.07, 6.45) is 2.67. The number of hydrogen-bond acceptors (Lipinski definition) is 3. The quantitative estimate of drug-likeness (QED) is 0.826. The van der Waals surface area contributed by atoms with Crippen LogP contribution in [0.1, 0.15) is 52.1 Å². The van der Waals surface area contributed by atoms with Crippen LogP contribution in [0.2, 0.25) is 0 Å². The van der Waals surface area contributed by atoms with Crippen LogP contribution in [-0.4, -0.2) is 24.5 Å². The van der Waals surface area contributed by atoms with Gasteiger partial charge in [-0.25, -0.2) is 0 Å². The van der Waals surface area contributed by atoms with E-state index in [-0.39, 0.29) is 0 Å². The molecule has 1 aliphatic rings. The summed E-state index contributed by atoms with van der Waals surface area (Å²) in [5.41, 5.74) is 0. The minimum Gasteiger partial charge on any atom is -0.463 e. The zero-order valence-electron chi connectivity index (χ0n) is 14.2. The van der Waals surface area contributed by atoms with Crippen LogP contribution in [0.4, 0.5) is 0 Å². The summed E-state index contributed by atoms with van der Waals surface area (Å²) in [6, 6.07) is 4.25. The Bertz CT molecular complexity index is 403. The molecule has 120 valence electrons. The van der Waals surface area contributed by atoms with Crippen molar-refractivity contribution in [2.24, 2.45) is 17.8 Å². The van der Waals surface area contributed by atoms with Crippen LogP contribution < -0.4 is 5.32 Å². The number of nitrogens with zero attached hydrogens (tertiary/aromatic N) is 1. The largest absolute Gasteiger partial charge is 0.463 e. The minimum absolute atomic E-state index is 0.682. The molecule has 2 rings (SSSR count). The van der Waals surface area contributed by atoms with Crippen molar-refractivity contribution in [2.75, 3.05) is 19.6 Å². The summed E-state index contributed by atoms with van der Waals surface area (Å²) < 4.78 is 5.94. The molecule has 0 aromatic carbocycles. The first-order valence-electron chi connectivity index (χ1n) is 8.55. The van der Waals surface area contributed by atoms with Gasteiger partial charge in [0.1, 0.15) is 11.5 Å². The van der Waals surface area contributed by atoms with Crippen LogP contribution >= 0.6 is 0 Å². The first-order valence-corrected chi connectivity index (χ1v) is 8.55. The molecule has 0 aliphatic carbocycles. The summed E-state index contributed by atoms with van der Waals surface area (Å²) in [6.45, 7) is 14.4. The molecule has 1 aromatic heterocycles. The Morgan fingerprint density at radius 1 is 1.14 bits per heavy atom. The van der Waals surface area contributed by atoms with E-state index in [9.17, 15) is 0 Å². The van der Waals surface area contributed by atoms with Crippen molar-refractivity contribution in [3.8, 4) is 0 Å². The Balaban J connectivity index is 1.73. The molecule has 0 saturated carbocycles. The van der Waals surface area contributed by atoms with Gasteiger partial charge in [0, 0.05) is 0 Å². The molecule has 0 atom stereocenters. The van der Waals surface area contributed by atoms with E-state index in [0.29, 0.717) is 5.92 Å². The molecule has 1 N–H and O–H groups in total. The lowest BCUT2D eigenvalue weighted by Crippen LogP contribution is -2.34. The Morgan fingerprint density at radius 3 is 2.43 bits per heavy atom. The Labute approximate surface area is 130 Å². The predicted molar refractivity (Wildman–Crippen MR) is 88.1 cm³/mol. The van der Waals surface area contributed by atoms with Crippen molar-refractivity contribution in [3.05, 3.63) is 23.7 Å². The smallest absolute Gasteiger partial charge is 0.118 e. The molecule has 3 nitrogen and oxygen atoms in total. The number of hydrogen-bond donors (Lipinski definition) is 1. The van der Waals surface area contributed by atoms with Crippen molar-refractivity contribution in [3.63, 3.8) is 0 Å². The molecule has 1 aliphatic heterocycles. The van der Waals surface area contributed by atoms with Crippen molar-refractivity contribution >= 4 is 0 Å². The van der Waals surface area contributed by atoms with E-state index in [1.807, 2.05) is 0 Å². The van der Waals surface area contributed by atoms with Crippen molar-refractivity contribution in [2.45, 2.75) is 53.6 Å². The van der Waals surface area contributed by atoms with Gasteiger partial charge in [0.15, 0.2) is 0 Å². The van der Waals surface area contributed by atoms with Crippen LogP contribution in [0, 0.1) is 17.8 Å². The summed E-state index contributed by atoms with van der Waals surface area (Å²) in [7, 11) is 0. The van der Waals surface area contributed by atoms with E-state index in [4.69, 9.17) is 4.42 Å². The van der Waals surface area contributed by atoms with Crippen LogP contribution in [0.15, 0.2) is 16.5 Å². The van der Waals surface area contributed by atoms with Gasteiger partial charge in [-0.3, -0.25) is 4.90 Å². The monoisotopic (exact) mass is 292 g/mol. The SMILES string of the molecule is CC(C)CNCc1ccc(CN2CCC(C(C)C)CC2)o1. The fourth-order valence-corrected chi connectivity index (χ4v) is 3.08. The maximum absolute atomic E-state index is 5.94. The zero-order chi connectivity index (χ0) is 15.2. The second kappa shape index (κ2) is 8.00. The van der Waals surface area contributed by atoms with Gasteiger partial charge >= 0.3 is 0 Å². The lowest BCUT2D eigenvalue weighted by atomic mass is 9.87. The molecule has 0 amide bonds. The summed E-state index contributed by atoms with van der Waals surface area (Å²) in [5, 5.41) is 3.43. The van der Waals surface area contributed by atoms with Crippen molar-refractivity contribution in [1.82, 2.24) is 10.2 Å². The van der Waals surface area contributed by atoms with E-state index < -0.39 is 0 Å². The van der Waals surface area contributed by atoms with E-state index in [1.165, 1.54) is 25.9 Å². The Hall–Kier alpha value is -0.800. The molecule has 21 heavy (non-hydrogen) atoms. The first kappa shape index (κ1) is 16.6. The minimum atomic E-state index is 0.682. The van der Waals surface area contributed by atoms with Gasteiger partial charge in [0.25, 0.3) is 0 Å². The van der Waals surface area contributed by atoms with Gasteiger partial charge < -0.3 is 9.73 Å². The maximum Gasteiger partial charge on any atom is 0.118 e. The number of piperidine rings is 1. The van der Waals surface area contributed by atoms with Gasteiger partial charge in [-0.1, -0.05) is 27.7 Å². The highest BCUT2D eigenvalue weighted by Crippen LogP contribution is 2.25. The Morgan fingerprint density at radius 2 is 1.81 bits per heavy atom. The Kier molecular flexibility index (Phi) is 6.31. The zero-order valence-corrected chi connectivity index (χ0v) is 14.2. The third kappa shape index (κ3) is 5.48. The highest BCUT2D eigenvalue weighted by atomic mass is 16.3. The van der Waals surface area contributed by atoms with Crippen molar-refractivity contribution < 1.29 is 4.42 Å². The molecular formula is C18H32N2O. The fourth-order valence-electron chi connectivity index (χ4n) is 3.08. The molecule has 0 spiro atoms. The first-order chi connectivity index (χ1) is 10.0. The molecule has 1 aromatic rings. The van der Waals surface area contributed by atoms with Crippen molar-refractivity contribution in [1.29, 1.82) is 0 Å². The molecule has 2 heterocycles. The van der Waals surface area contributed by atoms with E-state index in [2.05, 4.69) is 50.0 Å². The van der Waals surface area contributed by atoms with Gasteiger partial charge in [0.2, 0.25) is 0 Å². The number of rotatable bonds is 7. The molecule has 1 fully saturated rings. The average Bonchev–Trinajstić information content (AvgIpc) is 2.86. The summed E-state index contributed by atoms with van der Waals surface area (Å²) in [5.74, 6) is 4.59. The number of furan rings is 1. The lowest BCUT2D eigenvalue weighted by Gasteiger charge is -2.33. The van der Waals surface area contributed by atoms with Crippen LogP contribution in [0.25, 0.3) is 0 Å². The standard InChI is InChI=1S/C18H32N2O/c1-14(2)11-19-12-17-5-6-18(21-17)13-20-9-7-16(8-10-20)15(3)4/h5-6,14-16,19H,7-13H2,1-4H3. The third-order valence-electron chi connectivity index (χ3n) is 4.52. The van der Waals surface area contributed by atoms with Crippen LogP contribution in [0.5, 0.6) is 0 Å². The average molecular weight is 292 g/mol. The second-order valence-corrected chi connectivity index (χ2v) is 7.25. The molecule has 1 saturated heterocycles. The molecule has 0 bridgehead atoms. The summed E-state index contributed by atoms with van der Waals surface area (Å²) in [4.78, 5) is 2.53. The number of nitrogens with one attached hydrogen (secondary N) is 1. The van der Waals surface area contributed by atoms with Gasteiger partial charge in [-0.2, -0.15) is 0 Å². The molecule has 0 radical (unpaired) electrons. The molecular weight excluding hydrogens is 260 g/mol. The van der Waals surface area contributed by atoms with E-state index in [1.54, 1.807) is 0 Å². The third-order valence-corrected chi connectivity index (χ3v) is 4.52. The molecule has 3 heteroatoms. The second-order valence-electron chi connectivity index (χ2n) is 7.25. The normalized spacial score (nSPS) is 18.0. The van der Waals surface area contributed by atoms with Crippen LogP contribution in [0.3, 0.4) is 0 Å². The van der Waals surface area contributed by atoms with Gasteiger partial charge in [0.05, 0.1) is 13.1 Å². The van der Waals surface area contributed by atoms with E-state index in [0.717, 1.165) is 43.0 Å². The lowest BCUT2D eigenvalue weighted by molar-refractivity contribution is 0.143. The summed E-state index contributed by atoms with van der Waals surface area (Å²) >= 11 is 0. The van der Waals surface area contributed by atoms with Gasteiger partial charge in [-0.05, 0) is 62.4 Å². The highest BCUT2D eigenvalue weighted by Gasteiger charge is 2.22. The fraction of sp³-hybridized carbons (Fsp3) is 0.778. The van der Waals surface area contributed by atoms with Gasteiger partial charge in [-0.15, -0.1) is 0 Å². The predicted octanol–water partition coefficient (Wildman–Crippen LogP) is 3.89. The van der Waals surface area contributed by atoms with E-state index >= 15 is 0 Å². The molecule has 0 unspecified atom stereocenters.